The van der Waals surface area contributed by atoms with Gasteiger partial charge < -0.3 is 19.8 Å². The Bertz CT molecular complexity index is 549. The maximum Gasteiger partial charge on any atom is 0.255 e. The largest absolute Gasteiger partial charge is 0.367 e. The number of hydrogen-bond donors (Lipinski definition) is 2. The number of carbonyl (C=O) groups is 2. The van der Waals surface area contributed by atoms with Crippen molar-refractivity contribution in [3.63, 3.8) is 0 Å². The van der Waals surface area contributed by atoms with E-state index in [9.17, 15) is 9.59 Å². The van der Waals surface area contributed by atoms with Crippen LogP contribution in [-0.4, -0.2) is 57.8 Å². The molecule has 1 saturated heterocycles. The lowest BCUT2D eigenvalue weighted by Gasteiger charge is -2.21. The van der Waals surface area contributed by atoms with Gasteiger partial charge in [-0.3, -0.25) is 9.59 Å². The number of nitrogens with zero attached hydrogens (tertiary/aromatic N) is 2. The minimum absolute atomic E-state index is 0.0205. The fourth-order valence-electron chi connectivity index (χ4n) is 2.60. The number of carbonyl (C=O) groups excluding carboxylic acids is 2. The number of amides is 2. The average Bonchev–Trinajstić information content (AvgIpc) is 3.15. The normalized spacial score (nSPS) is 15.8. The van der Waals surface area contributed by atoms with Crippen molar-refractivity contribution >= 4 is 11.8 Å². The van der Waals surface area contributed by atoms with Gasteiger partial charge in [-0.2, -0.15) is 0 Å². The Balaban J connectivity index is 1.64. The Morgan fingerprint density at radius 1 is 0.810 bits per heavy atom. The minimum atomic E-state index is 0.0205. The third kappa shape index (κ3) is 2.84. The van der Waals surface area contributed by atoms with E-state index < -0.39 is 0 Å². The lowest BCUT2D eigenvalue weighted by Crippen LogP contribution is -2.37. The van der Waals surface area contributed by atoms with Gasteiger partial charge in [0.15, 0.2) is 0 Å². The number of rotatable bonds is 2. The molecule has 0 atom stereocenters. The smallest absolute Gasteiger partial charge is 0.255 e. The molecular formula is C15H18N4O2. The highest BCUT2D eigenvalue weighted by atomic mass is 16.2. The van der Waals surface area contributed by atoms with Gasteiger partial charge in [-0.05, 0) is 18.6 Å². The van der Waals surface area contributed by atoms with E-state index >= 15 is 0 Å². The lowest BCUT2D eigenvalue weighted by atomic mass is 10.3. The number of hydrogen-bond acceptors (Lipinski definition) is 2. The summed E-state index contributed by atoms with van der Waals surface area (Å²) >= 11 is 0. The third-order valence-electron chi connectivity index (χ3n) is 3.76. The number of aromatic nitrogens is 2. The third-order valence-corrected chi connectivity index (χ3v) is 3.76. The summed E-state index contributed by atoms with van der Waals surface area (Å²) in [6, 6.07) is 3.55. The van der Waals surface area contributed by atoms with Crippen LogP contribution in [0.2, 0.25) is 0 Å². The maximum absolute atomic E-state index is 12.3. The van der Waals surface area contributed by atoms with Gasteiger partial charge in [0.1, 0.15) is 0 Å². The van der Waals surface area contributed by atoms with Crippen molar-refractivity contribution in [2.75, 3.05) is 26.2 Å². The van der Waals surface area contributed by atoms with Gasteiger partial charge in [0.2, 0.25) is 0 Å². The molecule has 0 radical (unpaired) electrons. The van der Waals surface area contributed by atoms with Gasteiger partial charge in [0.05, 0.1) is 11.1 Å². The van der Waals surface area contributed by atoms with Crippen LogP contribution in [0.25, 0.3) is 0 Å². The van der Waals surface area contributed by atoms with Crippen LogP contribution in [0.15, 0.2) is 36.9 Å². The van der Waals surface area contributed by atoms with Crippen LogP contribution in [0.1, 0.15) is 27.1 Å². The van der Waals surface area contributed by atoms with Crippen molar-refractivity contribution in [1.82, 2.24) is 19.8 Å². The van der Waals surface area contributed by atoms with Crippen molar-refractivity contribution in [2.24, 2.45) is 0 Å². The van der Waals surface area contributed by atoms with E-state index in [1.165, 1.54) is 0 Å². The number of H-pyrrole nitrogens is 2. The van der Waals surface area contributed by atoms with E-state index in [1.54, 1.807) is 36.9 Å². The van der Waals surface area contributed by atoms with Crippen LogP contribution in [0, 0.1) is 0 Å². The standard InChI is InChI=1S/C15H18N4O2/c20-14(12-2-4-16-10-12)18-6-1-7-19(9-8-18)15(21)13-3-5-17-11-13/h2-5,10-11,16-17H,1,6-9H2. The van der Waals surface area contributed by atoms with Crippen molar-refractivity contribution in [3.05, 3.63) is 48.0 Å². The van der Waals surface area contributed by atoms with E-state index in [0.717, 1.165) is 6.42 Å². The van der Waals surface area contributed by atoms with Crippen LogP contribution in [0.5, 0.6) is 0 Å². The maximum atomic E-state index is 12.3. The number of aromatic amines is 2. The van der Waals surface area contributed by atoms with E-state index in [1.807, 2.05) is 9.80 Å². The molecule has 21 heavy (non-hydrogen) atoms. The van der Waals surface area contributed by atoms with Gasteiger partial charge in [-0.15, -0.1) is 0 Å². The molecule has 2 N–H and O–H groups in total. The first-order valence-electron chi connectivity index (χ1n) is 7.10. The highest BCUT2D eigenvalue weighted by molar-refractivity contribution is 5.95. The molecule has 1 aliphatic heterocycles. The molecule has 0 spiro atoms. The topological polar surface area (TPSA) is 72.2 Å². The number of nitrogens with one attached hydrogen (secondary N) is 2. The highest BCUT2D eigenvalue weighted by Gasteiger charge is 2.23. The molecule has 0 saturated carbocycles. The first-order chi connectivity index (χ1) is 10.3. The zero-order valence-electron chi connectivity index (χ0n) is 11.7. The Labute approximate surface area is 122 Å². The second-order valence-electron chi connectivity index (χ2n) is 5.14. The fraction of sp³-hybridized carbons (Fsp3) is 0.333. The second-order valence-corrected chi connectivity index (χ2v) is 5.14. The fourth-order valence-corrected chi connectivity index (χ4v) is 2.60. The molecule has 2 aromatic rings. The summed E-state index contributed by atoms with van der Waals surface area (Å²) in [7, 11) is 0. The SMILES string of the molecule is O=C(c1cc[nH]c1)N1CCCN(C(=O)c2cc[nH]c2)CC1. The molecule has 1 fully saturated rings. The van der Waals surface area contributed by atoms with Crippen LogP contribution in [-0.2, 0) is 0 Å². The predicted octanol–water partition coefficient (Wildman–Crippen LogP) is 1.33. The molecule has 6 nitrogen and oxygen atoms in total. The predicted molar refractivity (Wildman–Crippen MR) is 78.0 cm³/mol. The van der Waals surface area contributed by atoms with Crippen molar-refractivity contribution in [3.8, 4) is 0 Å². The Kier molecular flexibility index (Phi) is 3.77. The summed E-state index contributed by atoms with van der Waals surface area (Å²) in [4.78, 5) is 34.0. The van der Waals surface area contributed by atoms with Crippen LogP contribution in [0.4, 0.5) is 0 Å². The van der Waals surface area contributed by atoms with Crippen molar-refractivity contribution in [1.29, 1.82) is 0 Å². The molecule has 1 aliphatic rings. The average molecular weight is 286 g/mol. The molecule has 3 rings (SSSR count). The summed E-state index contributed by atoms with van der Waals surface area (Å²) in [6.45, 7) is 2.50. The van der Waals surface area contributed by atoms with E-state index in [-0.39, 0.29) is 11.8 Å². The van der Waals surface area contributed by atoms with Gasteiger partial charge in [0, 0.05) is 51.0 Å². The molecule has 110 valence electrons. The van der Waals surface area contributed by atoms with Gasteiger partial charge in [-0.1, -0.05) is 0 Å². The summed E-state index contributed by atoms with van der Waals surface area (Å²) in [5.74, 6) is 0.0411. The van der Waals surface area contributed by atoms with E-state index in [2.05, 4.69) is 9.97 Å². The molecule has 0 aromatic carbocycles. The Morgan fingerprint density at radius 2 is 1.29 bits per heavy atom. The first kappa shape index (κ1) is 13.5. The minimum Gasteiger partial charge on any atom is -0.367 e. The van der Waals surface area contributed by atoms with Crippen LogP contribution < -0.4 is 0 Å². The summed E-state index contributed by atoms with van der Waals surface area (Å²) in [6.07, 6.45) is 7.69. The molecular weight excluding hydrogens is 268 g/mol. The quantitative estimate of drug-likeness (QED) is 0.874. The second kappa shape index (κ2) is 5.87. The molecule has 0 aliphatic carbocycles. The van der Waals surface area contributed by atoms with E-state index in [0.29, 0.717) is 37.3 Å². The molecule has 0 bridgehead atoms. The lowest BCUT2D eigenvalue weighted by molar-refractivity contribution is 0.0719. The molecule has 2 aromatic heterocycles. The van der Waals surface area contributed by atoms with E-state index in [4.69, 9.17) is 0 Å². The van der Waals surface area contributed by atoms with Crippen molar-refractivity contribution in [2.45, 2.75) is 6.42 Å². The molecule has 6 heteroatoms. The van der Waals surface area contributed by atoms with Crippen molar-refractivity contribution < 1.29 is 9.59 Å². The summed E-state index contributed by atoms with van der Waals surface area (Å²) < 4.78 is 0. The Hall–Kier alpha value is -2.50. The van der Waals surface area contributed by atoms with Gasteiger partial charge in [-0.25, -0.2) is 0 Å². The summed E-state index contributed by atoms with van der Waals surface area (Å²) in [5.41, 5.74) is 1.33. The molecule has 0 unspecified atom stereocenters. The first-order valence-corrected chi connectivity index (χ1v) is 7.10. The molecule has 3 heterocycles. The highest BCUT2D eigenvalue weighted by Crippen LogP contribution is 2.11. The van der Waals surface area contributed by atoms with Crippen LogP contribution in [0.3, 0.4) is 0 Å². The monoisotopic (exact) mass is 286 g/mol. The Morgan fingerprint density at radius 3 is 1.67 bits per heavy atom. The zero-order chi connectivity index (χ0) is 14.7. The zero-order valence-corrected chi connectivity index (χ0v) is 11.7. The van der Waals surface area contributed by atoms with Crippen LogP contribution >= 0.6 is 0 Å². The molecule has 2 amide bonds. The van der Waals surface area contributed by atoms with Gasteiger partial charge >= 0.3 is 0 Å². The van der Waals surface area contributed by atoms with Gasteiger partial charge in [0.25, 0.3) is 11.8 Å². The summed E-state index contributed by atoms with van der Waals surface area (Å²) in [5, 5.41) is 0.